The van der Waals surface area contributed by atoms with Gasteiger partial charge in [-0.3, -0.25) is 9.48 Å². The van der Waals surface area contributed by atoms with Gasteiger partial charge >= 0.3 is 0 Å². The second-order valence-electron chi connectivity index (χ2n) is 4.85. The minimum absolute atomic E-state index is 0.128. The topological polar surface area (TPSA) is 72.9 Å². The molecular formula is C15H20N4O. The Balaban J connectivity index is 1.80. The van der Waals surface area contributed by atoms with Gasteiger partial charge in [0.05, 0.1) is 11.3 Å². The van der Waals surface area contributed by atoms with Crippen LogP contribution in [0.3, 0.4) is 0 Å². The number of para-hydroxylation sites is 1. The largest absolute Gasteiger partial charge is 0.398 e. The molecule has 1 aromatic carbocycles. The summed E-state index contributed by atoms with van der Waals surface area (Å²) in [5.74, 6) is -0.128. The molecule has 1 amide bonds. The van der Waals surface area contributed by atoms with Gasteiger partial charge in [0.1, 0.15) is 0 Å². The molecule has 0 aliphatic carbocycles. The van der Waals surface area contributed by atoms with Gasteiger partial charge in [-0.15, -0.1) is 0 Å². The second-order valence-corrected chi connectivity index (χ2v) is 4.85. The fourth-order valence-corrected chi connectivity index (χ4v) is 2.13. The first-order valence-corrected chi connectivity index (χ1v) is 6.71. The number of carbonyl (C=O) groups excluding carboxylic acids is 1. The Morgan fingerprint density at radius 3 is 2.75 bits per heavy atom. The predicted octanol–water partition coefficient (Wildman–Crippen LogP) is 1.90. The monoisotopic (exact) mass is 272 g/mol. The van der Waals surface area contributed by atoms with E-state index in [4.69, 9.17) is 5.73 Å². The number of nitrogens with one attached hydrogen (secondary N) is 1. The Kier molecular flexibility index (Phi) is 4.40. The van der Waals surface area contributed by atoms with Crippen LogP contribution in [0.2, 0.25) is 0 Å². The standard InChI is InChI=1S/C15H20N4O/c1-11-10-12(2)19(18-11)9-5-8-17-15(20)13-6-3-4-7-14(13)16/h3-4,6-7,10H,5,8-9,16H2,1-2H3,(H,17,20). The first kappa shape index (κ1) is 14.1. The molecule has 0 fully saturated rings. The number of nitrogens with two attached hydrogens (primary N) is 1. The summed E-state index contributed by atoms with van der Waals surface area (Å²) in [7, 11) is 0. The maximum absolute atomic E-state index is 11.9. The highest BCUT2D eigenvalue weighted by atomic mass is 16.1. The molecule has 0 aliphatic heterocycles. The molecule has 1 heterocycles. The summed E-state index contributed by atoms with van der Waals surface area (Å²) in [6.07, 6.45) is 0.834. The van der Waals surface area contributed by atoms with E-state index < -0.39 is 0 Å². The zero-order valence-corrected chi connectivity index (χ0v) is 11.9. The molecule has 5 nitrogen and oxygen atoms in total. The fraction of sp³-hybridized carbons (Fsp3) is 0.333. The van der Waals surface area contributed by atoms with E-state index in [0.29, 0.717) is 17.8 Å². The van der Waals surface area contributed by atoms with Crippen molar-refractivity contribution in [2.24, 2.45) is 0 Å². The van der Waals surface area contributed by atoms with Gasteiger partial charge in [-0.25, -0.2) is 0 Å². The van der Waals surface area contributed by atoms with E-state index in [0.717, 1.165) is 24.4 Å². The summed E-state index contributed by atoms with van der Waals surface area (Å²) in [5.41, 5.74) is 8.95. The van der Waals surface area contributed by atoms with Crippen molar-refractivity contribution in [3.63, 3.8) is 0 Å². The Bertz CT molecular complexity index is 604. The molecule has 0 saturated carbocycles. The van der Waals surface area contributed by atoms with Crippen molar-refractivity contribution in [2.45, 2.75) is 26.8 Å². The van der Waals surface area contributed by atoms with Gasteiger partial charge in [0.15, 0.2) is 0 Å². The lowest BCUT2D eigenvalue weighted by Crippen LogP contribution is -2.26. The Labute approximate surface area is 118 Å². The molecule has 0 saturated heterocycles. The van der Waals surface area contributed by atoms with Crippen molar-refractivity contribution in [1.29, 1.82) is 0 Å². The molecule has 1 aromatic heterocycles. The lowest BCUT2D eigenvalue weighted by Gasteiger charge is -2.08. The molecule has 5 heteroatoms. The van der Waals surface area contributed by atoms with Crippen molar-refractivity contribution in [1.82, 2.24) is 15.1 Å². The van der Waals surface area contributed by atoms with Crippen LogP contribution in [-0.2, 0) is 6.54 Å². The van der Waals surface area contributed by atoms with Gasteiger partial charge in [0, 0.05) is 24.5 Å². The Morgan fingerprint density at radius 1 is 1.35 bits per heavy atom. The predicted molar refractivity (Wildman–Crippen MR) is 79.5 cm³/mol. The lowest BCUT2D eigenvalue weighted by atomic mass is 10.1. The van der Waals surface area contributed by atoms with Crippen LogP contribution in [0.15, 0.2) is 30.3 Å². The smallest absolute Gasteiger partial charge is 0.253 e. The fourth-order valence-electron chi connectivity index (χ4n) is 2.13. The van der Waals surface area contributed by atoms with Crippen LogP contribution >= 0.6 is 0 Å². The molecule has 0 aliphatic rings. The van der Waals surface area contributed by atoms with Crippen molar-refractivity contribution in [3.8, 4) is 0 Å². The summed E-state index contributed by atoms with van der Waals surface area (Å²) in [6.45, 7) is 5.41. The summed E-state index contributed by atoms with van der Waals surface area (Å²) in [5, 5.41) is 7.26. The van der Waals surface area contributed by atoms with Gasteiger partial charge in [-0.2, -0.15) is 5.10 Å². The molecule has 20 heavy (non-hydrogen) atoms. The minimum atomic E-state index is -0.128. The molecule has 0 radical (unpaired) electrons. The number of nitrogen functional groups attached to an aromatic ring is 1. The number of aryl methyl sites for hydroxylation is 3. The number of nitrogens with zero attached hydrogens (tertiary/aromatic N) is 2. The first-order valence-electron chi connectivity index (χ1n) is 6.71. The normalized spacial score (nSPS) is 10.5. The Morgan fingerprint density at radius 2 is 2.10 bits per heavy atom. The third-order valence-corrected chi connectivity index (χ3v) is 3.14. The molecule has 106 valence electrons. The van der Waals surface area contributed by atoms with E-state index in [9.17, 15) is 4.79 Å². The maximum atomic E-state index is 11.9. The SMILES string of the molecule is Cc1cc(C)n(CCCNC(=O)c2ccccc2N)n1. The van der Waals surface area contributed by atoms with Gasteiger partial charge in [0.25, 0.3) is 5.91 Å². The minimum Gasteiger partial charge on any atom is -0.398 e. The van der Waals surface area contributed by atoms with Crippen molar-refractivity contribution in [3.05, 3.63) is 47.3 Å². The number of anilines is 1. The van der Waals surface area contributed by atoms with Crippen LogP contribution < -0.4 is 11.1 Å². The highest BCUT2D eigenvalue weighted by Gasteiger charge is 2.07. The quantitative estimate of drug-likeness (QED) is 0.645. The van der Waals surface area contributed by atoms with Crippen LogP contribution in [0.5, 0.6) is 0 Å². The van der Waals surface area contributed by atoms with Crippen LogP contribution in [0.1, 0.15) is 28.2 Å². The summed E-state index contributed by atoms with van der Waals surface area (Å²) in [6, 6.07) is 9.12. The molecule has 2 rings (SSSR count). The van der Waals surface area contributed by atoms with E-state index in [1.165, 1.54) is 0 Å². The maximum Gasteiger partial charge on any atom is 0.253 e. The van der Waals surface area contributed by atoms with Gasteiger partial charge in [-0.05, 0) is 38.5 Å². The van der Waals surface area contributed by atoms with Crippen molar-refractivity contribution in [2.75, 3.05) is 12.3 Å². The van der Waals surface area contributed by atoms with Gasteiger partial charge in [-0.1, -0.05) is 12.1 Å². The van der Waals surface area contributed by atoms with Crippen molar-refractivity contribution >= 4 is 11.6 Å². The highest BCUT2D eigenvalue weighted by Crippen LogP contribution is 2.09. The number of aromatic nitrogens is 2. The molecule has 0 spiro atoms. The summed E-state index contributed by atoms with van der Waals surface area (Å²) >= 11 is 0. The molecule has 2 aromatic rings. The van der Waals surface area contributed by atoms with E-state index in [2.05, 4.69) is 10.4 Å². The van der Waals surface area contributed by atoms with Crippen LogP contribution in [0, 0.1) is 13.8 Å². The van der Waals surface area contributed by atoms with Crippen LogP contribution in [-0.4, -0.2) is 22.2 Å². The average molecular weight is 272 g/mol. The second kappa shape index (κ2) is 6.23. The highest BCUT2D eigenvalue weighted by molar-refractivity contribution is 5.98. The number of carbonyl (C=O) groups is 1. The zero-order valence-electron chi connectivity index (χ0n) is 11.9. The van der Waals surface area contributed by atoms with E-state index in [1.54, 1.807) is 18.2 Å². The zero-order chi connectivity index (χ0) is 14.5. The van der Waals surface area contributed by atoms with Crippen LogP contribution in [0.4, 0.5) is 5.69 Å². The van der Waals surface area contributed by atoms with Gasteiger partial charge < -0.3 is 11.1 Å². The molecule has 0 unspecified atom stereocenters. The number of hydrogen-bond donors (Lipinski definition) is 2. The number of benzene rings is 1. The van der Waals surface area contributed by atoms with E-state index >= 15 is 0 Å². The lowest BCUT2D eigenvalue weighted by molar-refractivity contribution is 0.0953. The van der Waals surface area contributed by atoms with Gasteiger partial charge in [0.2, 0.25) is 0 Å². The van der Waals surface area contributed by atoms with E-state index in [1.807, 2.05) is 30.7 Å². The molecule has 0 bridgehead atoms. The third kappa shape index (κ3) is 3.38. The average Bonchev–Trinajstić information content (AvgIpc) is 2.73. The summed E-state index contributed by atoms with van der Waals surface area (Å²) in [4.78, 5) is 11.9. The Hall–Kier alpha value is -2.30. The van der Waals surface area contributed by atoms with Crippen LogP contribution in [0.25, 0.3) is 0 Å². The van der Waals surface area contributed by atoms with Crippen molar-refractivity contribution < 1.29 is 4.79 Å². The number of rotatable bonds is 5. The summed E-state index contributed by atoms with van der Waals surface area (Å²) < 4.78 is 1.96. The number of amides is 1. The third-order valence-electron chi connectivity index (χ3n) is 3.14. The number of hydrogen-bond acceptors (Lipinski definition) is 3. The molecular weight excluding hydrogens is 252 g/mol. The first-order chi connectivity index (χ1) is 9.58. The van der Waals surface area contributed by atoms with E-state index in [-0.39, 0.29) is 5.91 Å². The molecule has 3 N–H and O–H groups in total. The molecule has 0 atom stereocenters.